The van der Waals surface area contributed by atoms with E-state index in [-0.39, 0.29) is 17.7 Å². The summed E-state index contributed by atoms with van der Waals surface area (Å²) < 4.78 is 0. The summed E-state index contributed by atoms with van der Waals surface area (Å²) in [6.07, 6.45) is 1.45. The average Bonchev–Trinajstić information content (AvgIpc) is 2.55. The van der Waals surface area contributed by atoms with Crippen LogP contribution >= 0.6 is 0 Å². The maximum atomic E-state index is 9.69. The van der Waals surface area contributed by atoms with Crippen LogP contribution in [0.1, 0.15) is 16.8 Å². The molecule has 24 heavy (non-hydrogen) atoms. The number of hydrogen-bond acceptors (Lipinski definition) is 4. The van der Waals surface area contributed by atoms with Crippen molar-refractivity contribution in [1.82, 2.24) is 9.97 Å². The van der Waals surface area contributed by atoms with Crippen molar-refractivity contribution < 1.29 is 5.11 Å². The minimum Gasteiger partial charge on any atom is -0.507 e. The lowest BCUT2D eigenvalue weighted by molar-refractivity contribution is 0.474. The second-order valence-electron chi connectivity index (χ2n) is 5.42. The smallest absolute Gasteiger partial charge is 0.253 e. The Bertz CT molecular complexity index is 963. The number of aliphatic imine (C=N–C) groups is 2. The van der Waals surface area contributed by atoms with Crippen molar-refractivity contribution in [1.29, 1.82) is 0 Å². The molecule has 0 aliphatic carbocycles. The molecule has 0 amide bonds. The highest BCUT2D eigenvalue weighted by Gasteiger charge is 2.04. The summed E-state index contributed by atoms with van der Waals surface area (Å²) in [7, 11) is 0. The van der Waals surface area contributed by atoms with Crippen LogP contribution in [-0.4, -0.2) is 27.2 Å². The van der Waals surface area contributed by atoms with E-state index in [9.17, 15) is 5.11 Å². The number of benzene rings is 2. The van der Waals surface area contributed by atoms with Gasteiger partial charge in [-0.05, 0) is 38.1 Å². The van der Waals surface area contributed by atoms with Crippen molar-refractivity contribution in [3.8, 4) is 5.75 Å². The lowest BCUT2D eigenvalue weighted by atomic mass is 10.1. The standard InChI is InChI=1S/C18H17N5O/c1-11-7-8-15-14(9-11)12(2)21-18(22-15)23-17(19)20-10-13-5-3-4-6-16(13)24/h3-10,24H,1-2H3,(H2,19,21,22,23). The Morgan fingerprint density at radius 1 is 1.12 bits per heavy atom. The molecule has 6 nitrogen and oxygen atoms in total. The maximum absolute atomic E-state index is 9.69. The van der Waals surface area contributed by atoms with E-state index in [0.29, 0.717) is 5.56 Å². The van der Waals surface area contributed by atoms with E-state index in [0.717, 1.165) is 22.2 Å². The molecule has 0 aliphatic rings. The van der Waals surface area contributed by atoms with Crippen LogP contribution in [0.4, 0.5) is 5.95 Å². The molecule has 0 saturated carbocycles. The monoisotopic (exact) mass is 319 g/mol. The Labute approximate surface area is 139 Å². The average molecular weight is 319 g/mol. The molecule has 0 bridgehead atoms. The van der Waals surface area contributed by atoms with Crippen LogP contribution in [-0.2, 0) is 0 Å². The molecule has 0 fully saturated rings. The van der Waals surface area contributed by atoms with Crippen LogP contribution in [0.15, 0.2) is 52.4 Å². The summed E-state index contributed by atoms with van der Waals surface area (Å²) in [4.78, 5) is 16.9. The number of aromatic nitrogens is 2. The maximum Gasteiger partial charge on any atom is 0.253 e. The molecule has 0 saturated heterocycles. The van der Waals surface area contributed by atoms with Gasteiger partial charge in [-0.25, -0.2) is 15.0 Å². The lowest BCUT2D eigenvalue weighted by Gasteiger charge is -2.03. The quantitative estimate of drug-likeness (QED) is 0.560. The summed E-state index contributed by atoms with van der Waals surface area (Å²) in [5, 5.41) is 10.7. The molecule has 1 aromatic heterocycles. The van der Waals surface area contributed by atoms with Crippen molar-refractivity contribution in [3.05, 3.63) is 59.3 Å². The number of phenolic OH excluding ortho intramolecular Hbond substituents is 1. The Hall–Kier alpha value is -3.28. The van der Waals surface area contributed by atoms with Crippen LogP contribution in [0, 0.1) is 13.8 Å². The van der Waals surface area contributed by atoms with E-state index in [1.54, 1.807) is 24.3 Å². The fourth-order valence-electron chi connectivity index (χ4n) is 2.29. The van der Waals surface area contributed by atoms with Crippen LogP contribution in [0.25, 0.3) is 10.9 Å². The van der Waals surface area contributed by atoms with Gasteiger partial charge in [0.15, 0.2) is 0 Å². The second kappa shape index (κ2) is 6.45. The first-order valence-corrected chi connectivity index (χ1v) is 7.44. The second-order valence-corrected chi connectivity index (χ2v) is 5.42. The molecule has 0 spiro atoms. The highest BCUT2D eigenvalue weighted by molar-refractivity contribution is 5.95. The number of aromatic hydroxyl groups is 1. The van der Waals surface area contributed by atoms with E-state index in [2.05, 4.69) is 20.0 Å². The number of nitrogens with zero attached hydrogens (tertiary/aromatic N) is 4. The Morgan fingerprint density at radius 3 is 2.71 bits per heavy atom. The van der Waals surface area contributed by atoms with Crippen LogP contribution < -0.4 is 5.73 Å². The molecule has 0 unspecified atom stereocenters. The number of guanidine groups is 1. The largest absolute Gasteiger partial charge is 0.507 e. The van der Waals surface area contributed by atoms with Crippen LogP contribution in [0.3, 0.4) is 0 Å². The molecule has 120 valence electrons. The molecule has 6 heteroatoms. The summed E-state index contributed by atoms with van der Waals surface area (Å²) in [6, 6.07) is 12.8. The van der Waals surface area contributed by atoms with Gasteiger partial charge in [0.1, 0.15) is 5.75 Å². The van der Waals surface area contributed by atoms with E-state index in [4.69, 9.17) is 5.73 Å². The summed E-state index contributed by atoms with van der Waals surface area (Å²) >= 11 is 0. The molecule has 0 radical (unpaired) electrons. The van der Waals surface area contributed by atoms with Crippen LogP contribution in [0.2, 0.25) is 0 Å². The molecule has 0 aliphatic heterocycles. The van der Waals surface area contributed by atoms with Gasteiger partial charge in [0.25, 0.3) is 5.95 Å². The van der Waals surface area contributed by atoms with Gasteiger partial charge < -0.3 is 10.8 Å². The van der Waals surface area contributed by atoms with Crippen molar-refractivity contribution >= 4 is 29.0 Å². The number of para-hydroxylation sites is 1. The molecular formula is C18H17N5O. The molecule has 2 aromatic carbocycles. The number of nitrogens with two attached hydrogens (primary N) is 1. The normalized spacial score (nSPS) is 12.2. The van der Waals surface area contributed by atoms with Crippen LogP contribution in [0.5, 0.6) is 5.75 Å². The summed E-state index contributed by atoms with van der Waals surface area (Å²) in [6.45, 7) is 3.93. The van der Waals surface area contributed by atoms with Gasteiger partial charge in [-0.15, -0.1) is 0 Å². The molecule has 3 aromatic rings. The predicted molar refractivity (Wildman–Crippen MR) is 96.0 cm³/mol. The molecule has 0 atom stereocenters. The molecular weight excluding hydrogens is 302 g/mol. The fraction of sp³-hybridized carbons (Fsp3) is 0.111. The first kappa shape index (κ1) is 15.6. The van der Waals surface area contributed by atoms with Gasteiger partial charge in [-0.2, -0.15) is 4.99 Å². The van der Waals surface area contributed by atoms with Gasteiger partial charge in [0, 0.05) is 17.2 Å². The minimum atomic E-state index is 0.0177. The number of fused-ring (bicyclic) bond motifs is 1. The van der Waals surface area contributed by atoms with Gasteiger partial charge in [0.05, 0.1) is 11.2 Å². The molecule has 1 heterocycles. The summed E-state index contributed by atoms with van der Waals surface area (Å²) in [5.41, 5.74) is 9.16. The highest BCUT2D eigenvalue weighted by atomic mass is 16.3. The zero-order valence-corrected chi connectivity index (χ0v) is 13.4. The van der Waals surface area contributed by atoms with Gasteiger partial charge in [-0.1, -0.05) is 23.8 Å². The number of aryl methyl sites for hydroxylation is 2. The highest BCUT2D eigenvalue weighted by Crippen LogP contribution is 2.19. The van der Waals surface area contributed by atoms with E-state index in [1.807, 2.05) is 32.0 Å². The fourth-order valence-corrected chi connectivity index (χ4v) is 2.29. The van der Waals surface area contributed by atoms with E-state index < -0.39 is 0 Å². The van der Waals surface area contributed by atoms with E-state index in [1.165, 1.54) is 6.21 Å². The zero-order chi connectivity index (χ0) is 17.1. The van der Waals surface area contributed by atoms with Gasteiger partial charge in [0.2, 0.25) is 5.96 Å². The Kier molecular flexibility index (Phi) is 4.20. The zero-order valence-electron chi connectivity index (χ0n) is 13.4. The predicted octanol–water partition coefficient (Wildman–Crippen LogP) is 3.02. The van der Waals surface area contributed by atoms with Crippen molar-refractivity contribution in [2.75, 3.05) is 0 Å². The summed E-state index contributed by atoms with van der Waals surface area (Å²) in [5.74, 6) is 0.405. The lowest BCUT2D eigenvalue weighted by Crippen LogP contribution is -2.08. The third-order valence-electron chi connectivity index (χ3n) is 3.52. The first-order chi connectivity index (χ1) is 11.5. The van der Waals surface area contributed by atoms with Crippen molar-refractivity contribution in [3.63, 3.8) is 0 Å². The number of rotatable bonds is 2. The third kappa shape index (κ3) is 3.38. The topological polar surface area (TPSA) is 96.8 Å². The van der Waals surface area contributed by atoms with Crippen molar-refractivity contribution in [2.24, 2.45) is 15.7 Å². The first-order valence-electron chi connectivity index (χ1n) is 7.44. The third-order valence-corrected chi connectivity index (χ3v) is 3.52. The molecule has 3 rings (SSSR count). The van der Waals surface area contributed by atoms with Gasteiger partial charge in [-0.3, -0.25) is 0 Å². The Morgan fingerprint density at radius 2 is 1.92 bits per heavy atom. The number of hydrogen-bond donors (Lipinski definition) is 2. The SMILES string of the molecule is Cc1ccc2nc(N=C(N)N=Cc3ccccc3O)nc(C)c2c1. The minimum absolute atomic E-state index is 0.0177. The number of phenols is 1. The Balaban J connectivity index is 1.91. The molecule has 3 N–H and O–H groups in total. The van der Waals surface area contributed by atoms with E-state index >= 15 is 0 Å². The van der Waals surface area contributed by atoms with Crippen molar-refractivity contribution in [2.45, 2.75) is 13.8 Å². The van der Waals surface area contributed by atoms with Gasteiger partial charge >= 0.3 is 0 Å².